The Balaban J connectivity index is 1.57. The first kappa shape index (κ1) is 21.2. The fraction of sp³-hybridized carbons (Fsp3) is 0.364. The summed E-state index contributed by atoms with van der Waals surface area (Å²) in [5.74, 6) is 1.22. The van der Waals surface area contributed by atoms with E-state index in [1.807, 2.05) is 49.4 Å². The number of aryl methyl sites for hydroxylation is 1. The van der Waals surface area contributed by atoms with Crippen molar-refractivity contribution in [2.24, 2.45) is 0 Å². The van der Waals surface area contributed by atoms with Gasteiger partial charge >= 0.3 is 0 Å². The molecule has 0 radical (unpaired) electrons. The fourth-order valence-electron chi connectivity index (χ4n) is 3.08. The number of fused-ring (bicyclic) bond motifs is 1. The molecule has 6 nitrogen and oxygen atoms in total. The highest BCUT2D eigenvalue weighted by Gasteiger charge is 2.23. The van der Waals surface area contributed by atoms with E-state index in [1.165, 1.54) is 0 Å². The molecule has 0 aromatic heterocycles. The van der Waals surface area contributed by atoms with Gasteiger partial charge in [-0.3, -0.25) is 9.59 Å². The zero-order valence-electron chi connectivity index (χ0n) is 16.8. The summed E-state index contributed by atoms with van der Waals surface area (Å²) in [6.07, 6.45) is 0.284. The van der Waals surface area contributed by atoms with Crippen LogP contribution in [0.5, 0.6) is 5.75 Å². The average Bonchev–Trinajstić information content (AvgIpc) is 2.73. The lowest BCUT2D eigenvalue weighted by Crippen LogP contribution is -2.35. The van der Waals surface area contributed by atoms with Gasteiger partial charge in [0.1, 0.15) is 12.4 Å². The van der Waals surface area contributed by atoms with Crippen molar-refractivity contribution < 1.29 is 19.1 Å². The lowest BCUT2D eigenvalue weighted by Gasteiger charge is -2.29. The lowest BCUT2D eigenvalue weighted by atomic mass is 10.2. The molecule has 1 N–H and O–H groups in total. The van der Waals surface area contributed by atoms with Crippen molar-refractivity contribution in [3.63, 3.8) is 0 Å². The van der Waals surface area contributed by atoms with Crippen LogP contribution in [0.3, 0.4) is 0 Å². The molecular weight excluding hydrogens is 388 g/mol. The molecule has 0 aliphatic carbocycles. The van der Waals surface area contributed by atoms with Crippen LogP contribution in [0, 0.1) is 6.92 Å². The predicted molar refractivity (Wildman–Crippen MR) is 116 cm³/mol. The summed E-state index contributed by atoms with van der Waals surface area (Å²) in [6, 6.07) is 13.5. The van der Waals surface area contributed by atoms with Crippen LogP contribution in [0.25, 0.3) is 0 Å². The van der Waals surface area contributed by atoms with Gasteiger partial charge in [0.25, 0.3) is 0 Å². The molecule has 154 valence electrons. The zero-order valence-corrected chi connectivity index (χ0v) is 17.6. The molecule has 2 aromatic rings. The first-order valence-electron chi connectivity index (χ1n) is 9.63. The monoisotopic (exact) mass is 414 g/mol. The van der Waals surface area contributed by atoms with Crippen LogP contribution in [0.1, 0.15) is 18.4 Å². The molecule has 0 atom stereocenters. The Labute approximate surface area is 175 Å². The summed E-state index contributed by atoms with van der Waals surface area (Å²) in [5, 5.41) is 2.86. The van der Waals surface area contributed by atoms with Gasteiger partial charge in [0, 0.05) is 37.1 Å². The third-order valence-electron chi connectivity index (χ3n) is 4.55. The second-order valence-electron chi connectivity index (χ2n) is 6.75. The highest BCUT2D eigenvalue weighted by molar-refractivity contribution is 7.99. The maximum atomic E-state index is 12.7. The SMILES string of the molecule is COCCOc1cc(C)ccc1NC(=O)CCC(=O)N1CCSc2ccccc21. The van der Waals surface area contributed by atoms with Crippen molar-refractivity contribution in [3.8, 4) is 5.75 Å². The van der Waals surface area contributed by atoms with Gasteiger partial charge in [-0.05, 0) is 36.8 Å². The second-order valence-corrected chi connectivity index (χ2v) is 7.89. The van der Waals surface area contributed by atoms with E-state index in [9.17, 15) is 9.59 Å². The molecule has 0 unspecified atom stereocenters. The summed E-state index contributed by atoms with van der Waals surface area (Å²) in [5.41, 5.74) is 2.57. The maximum Gasteiger partial charge on any atom is 0.227 e. The molecule has 0 saturated heterocycles. The van der Waals surface area contributed by atoms with Gasteiger partial charge in [0.15, 0.2) is 0 Å². The van der Waals surface area contributed by atoms with Crippen molar-refractivity contribution in [2.75, 3.05) is 42.8 Å². The molecule has 2 aromatic carbocycles. The normalized spacial score (nSPS) is 13.0. The maximum absolute atomic E-state index is 12.7. The van der Waals surface area contributed by atoms with Crippen LogP contribution in [-0.4, -0.2) is 44.4 Å². The third kappa shape index (κ3) is 5.74. The van der Waals surface area contributed by atoms with Crippen molar-refractivity contribution >= 4 is 35.0 Å². The Morgan fingerprint density at radius 2 is 1.97 bits per heavy atom. The molecule has 1 aliphatic heterocycles. The number of hydrogen-bond donors (Lipinski definition) is 1. The van der Waals surface area contributed by atoms with Crippen LogP contribution in [0.2, 0.25) is 0 Å². The smallest absolute Gasteiger partial charge is 0.227 e. The van der Waals surface area contributed by atoms with E-state index in [2.05, 4.69) is 5.32 Å². The Morgan fingerprint density at radius 3 is 2.79 bits per heavy atom. The molecule has 0 bridgehead atoms. The van der Waals surface area contributed by atoms with Crippen molar-refractivity contribution in [1.82, 2.24) is 0 Å². The van der Waals surface area contributed by atoms with Crippen LogP contribution in [-0.2, 0) is 14.3 Å². The van der Waals surface area contributed by atoms with E-state index in [-0.39, 0.29) is 24.7 Å². The summed E-state index contributed by atoms with van der Waals surface area (Å²) in [4.78, 5) is 28.0. The van der Waals surface area contributed by atoms with Gasteiger partial charge in [-0.2, -0.15) is 0 Å². The third-order valence-corrected chi connectivity index (χ3v) is 5.59. The van der Waals surface area contributed by atoms with Gasteiger partial charge in [-0.25, -0.2) is 0 Å². The average molecular weight is 415 g/mol. The van der Waals surface area contributed by atoms with Crippen LogP contribution in [0.15, 0.2) is 47.4 Å². The van der Waals surface area contributed by atoms with E-state index in [0.717, 1.165) is 21.9 Å². The molecule has 2 amide bonds. The standard InChI is InChI=1S/C22H26N2O4S/c1-16-7-8-17(19(15-16)28-13-12-27-2)23-21(25)9-10-22(26)24-11-14-29-20-6-4-3-5-18(20)24/h3-8,15H,9-14H2,1-2H3,(H,23,25). The Bertz CT molecular complexity index is 872. The largest absolute Gasteiger partial charge is 0.489 e. The highest BCUT2D eigenvalue weighted by atomic mass is 32.2. The van der Waals surface area contributed by atoms with Gasteiger partial charge in [-0.15, -0.1) is 11.8 Å². The van der Waals surface area contributed by atoms with E-state index < -0.39 is 0 Å². The zero-order chi connectivity index (χ0) is 20.6. The number of methoxy groups -OCH3 is 1. The van der Waals surface area contributed by atoms with Gasteiger partial charge < -0.3 is 19.7 Å². The molecule has 1 aliphatic rings. The van der Waals surface area contributed by atoms with Gasteiger partial charge in [0.2, 0.25) is 11.8 Å². The highest BCUT2D eigenvalue weighted by Crippen LogP contribution is 2.34. The number of amides is 2. The van der Waals surface area contributed by atoms with Crippen LogP contribution < -0.4 is 15.0 Å². The van der Waals surface area contributed by atoms with E-state index in [0.29, 0.717) is 31.2 Å². The van der Waals surface area contributed by atoms with Crippen LogP contribution >= 0.6 is 11.8 Å². The first-order valence-corrected chi connectivity index (χ1v) is 10.6. The number of nitrogens with one attached hydrogen (secondary N) is 1. The minimum Gasteiger partial charge on any atom is -0.489 e. The van der Waals surface area contributed by atoms with Crippen LogP contribution in [0.4, 0.5) is 11.4 Å². The topological polar surface area (TPSA) is 67.9 Å². The molecule has 0 fully saturated rings. The van der Waals surface area contributed by atoms with Gasteiger partial charge in [0.05, 0.1) is 18.0 Å². The predicted octanol–water partition coefficient (Wildman–Crippen LogP) is 3.88. The van der Waals surface area contributed by atoms with Crippen molar-refractivity contribution in [1.29, 1.82) is 0 Å². The first-order chi connectivity index (χ1) is 14.1. The summed E-state index contributed by atoms with van der Waals surface area (Å²) < 4.78 is 10.7. The van der Waals surface area contributed by atoms with Gasteiger partial charge in [-0.1, -0.05) is 18.2 Å². The number of thioether (sulfide) groups is 1. The number of anilines is 2. The number of carbonyl (C=O) groups excluding carboxylic acids is 2. The number of rotatable bonds is 8. The molecular formula is C22H26N2O4S. The minimum absolute atomic E-state index is 0.0339. The number of benzene rings is 2. The van der Waals surface area contributed by atoms with E-state index in [4.69, 9.17) is 9.47 Å². The van der Waals surface area contributed by atoms with Crippen molar-refractivity contribution in [3.05, 3.63) is 48.0 Å². The van der Waals surface area contributed by atoms with E-state index >= 15 is 0 Å². The Hall–Kier alpha value is -2.51. The summed E-state index contributed by atoms with van der Waals surface area (Å²) in [6.45, 7) is 3.49. The Morgan fingerprint density at radius 1 is 1.14 bits per heavy atom. The lowest BCUT2D eigenvalue weighted by molar-refractivity contribution is -0.122. The van der Waals surface area contributed by atoms with Crippen molar-refractivity contribution in [2.45, 2.75) is 24.7 Å². The molecule has 0 saturated carbocycles. The molecule has 29 heavy (non-hydrogen) atoms. The fourth-order valence-corrected chi connectivity index (χ4v) is 4.08. The molecule has 7 heteroatoms. The number of ether oxygens (including phenoxy) is 2. The molecule has 1 heterocycles. The summed E-state index contributed by atoms with van der Waals surface area (Å²) in [7, 11) is 1.61. The molecule has 3 rings (SSSR count). The minimum atomic E-state index is -0.210. The number of para-hydroxylation sites is 1. The number of carbonyl (C=O) groups is 2. The molecule has 0 spiro atoms. The second kappa shape index (κ2) is 10.3. The number of hydrogen-bond acceptors (Lipinski definition) is 5. The Kier molecular flexibility index (Phi) is 7.55. The van der Waals surface area contributed by atoms with E-state index in [1.54, 1.807) is 23.8 Å². The quantitative estimate of drug-likeness (QED) is 0.664. The summed E-state index contributed by atoms with van der Waals surface area (Å²) >= 11 is 1.75. The number of nitrogens with zero attached hydrogens (tertiary/aromatic N) is 1.